The normalized spacial score (nSPS) is 11.9. The molecule has 0 aliphatic carbocycles. The van der Waals surface area contributed by atoms with Crippen molar-refractivity contribution in [1.29, 1.82) is 0 Å². The number of rotatable bonds is 10. The molecule has 0 radical (unpaired) electrons. The van der Waals surface area contributed by atoms with E-state index in [0.29, 0.717) is 26.5 Å². The van der Waals surface area contributed by atoms with Crippen LogP contribution in [0.2, 0.25) is 10.0 Å². The Morgan fingerprint density at radius 3 is 2.42 bits per heavy atom. The molecule has 40 heavy (non-hydrogen) atoms. The zero-order valence-electron chi connectivity index (χ0n) is 21.3. The number of sulfonamides is 1. The van der Waals surface area contributed by atoms with E-state index in [1.807, 2.05) is 24.5 Å². The zero-order chi connectivity index (χ0) is 29.2. The lowest BCUT2D eigenvalue weighted by Gasteiger charge is -2.28. The molecule has 1 aromatic heterocycles. The minimum atomic E-state index is -4.20. The van der Waals surface area contributed by atoms with Gasteiger partial charge in [0.1, 0.15) is 16.5 Å². The van der Waals surface area contributed by atoms with Crippen LogP contribution < -0.4 is 9.88 Å². The molecule has 0 saturated heterocycles. The number of halogens is 3. The fourth-order valence-corrected chi connectivity index (χ4v) is 5.98. The number of thioether (sulfide) groups is 1. The lowest BCUT2D eigenvalue weighted by atomic mass is 9.81. The molecule has 1 heterocycles. The highest BCUT2D eigenvalue weighted by Crippen LogP contribution is 2.39. The van der Waals surface area contributed by atoms with Crippen LogP contribution in [0.1, 0.15) is 30.7 Å². The number of carboxylic acids is 1. The van der Waals surface area contributed by atoms with Crippen LogP contribution in [-0.2, 0) is 26.0 Å². The van der Waals surface area contributed by atoms with Crippen molar-refractivity contribution in [3.05, 3.63) is 99.5 Å². The number of aromatic nitrogens is 2. The van der Waals surface area contributed by atoms with Gasteiger partial charge in [0, 0.05) is 16.9 Å². The molecule has 3 N–H and O–H groups in total. The van der Waals surface area contributed by atoms with E-state index in [1.165, 1.54) is 36.0 Å². The van der Waals surface area contributed by atoms with Crippen molar-refractivity contribution in [1.82, 2.24) is 9.55 Å². The summed E-state index contributed by atoms with van der Waals surface area (Å²) in [5.41, 5.74) is 2.33. The Balaban J connectivity index is 1.72. The Bertz CT molecular complexity index is 1680. The van der Waals surface area contributed by atoms with Crippen molar-refractivity contribution in [2.45, 2.75) is 35.1 Å². The number of imidazole rings is 1. The second kappa shape index (κ2) is 11.8. The van der Waals surface area contributed by atoms with E-state index < -0.39 is 28.0 Å². The lowest BCUT2D eigenvalue weighted by Crippen LogP contribution is -2.23. The number of hydrogen-bond donors (Lipinski definition) is 2. The molecule has 0 fully saturated rings. The fraction of sp³-hybridized carbons (Fsp3) is 0.185. The quantitative estimate of drug-likeness (QED) is 0.206. The second-order valence-corrected chi connectivity index (χ2v) is 12.6. The third-order valence-corrected chi connectivity index (χ3v) is 8.82. The molecule has 0 unspecified atom stereocenters. The van der Waals surface area contributed by atoms with E-state index in [4.69, 9.17) is 38.2 Å². The molecular formula is C27H24Cl2FN3O5S2. The summed E-state index contributed by atoms with van der Waals surface area (Å²) >= 11 is 13.8. The third kappa shape index (κ3) is 6.61. The Hall–Kier alpha value is -3.09. The third-order valence-electron chi connectivity index (χ3n) is 6.13. The summed E-state index contributed by atoms with van der Waals surface area (Å²) < 4.78 is 45.1. The van der Waals surface area contributed by atoms with Gasteiger partial charge >= 0.3 is 5.97 Å². The molecule has 3 aromatic carbocycles. The molecule has 210 valence electrons. The summed E-state index contributed by atoms with van der Waals surface area (Å²) in [6, 6.07) is 15.7. The molecule has 4 aromatic rings. The van der Waals surface area contributed by atoms with Gasteiger partial charge in [0.2, 0.25) is 10.0 Å². The van der Waals surface area contributed by atoms with Crippen LogP contribution in [0.15, 0.2) is 76.9 Å². The molecule has 0 aliphatic heterocycles. The molecule has 0 amide bonds. The molecule has 13 heteroatoms. The van der Waals surface area contributed by atoms with Gasteiger partial charge < -0.3 is 9.84 Å². The number of hydrogen-bond acceptors (Lipinski definition) is 6. The Morgan fingerprint density at radius 1 is 1.10 bits per heavy atom. The number of primary sulfonamides is 1. The van der Waals surface area contributed by atoms with Gasteiger partial charge in [-0.05, 0) is 59.7 Å². The summed E-state index contributed by atoms with van der Waals surface area (Å²) in [5.74, 6) is -1.51. The first-order valence-corrected chi connectivity index (χ1v) is 15.0. The Kier molecular flexibility index (Phi) is 8.81. The number of nitrogens with zero attached hydrogens (tertiary/aromatic N) is 2. The lowest BCUT2D eigenvalue weighted by molar-refractivity contribution is -0.139. The monoisotopic (exact) mass is 623 g/mol. The van der Waals surface area contributed by atoms with E-state index in [1.54, 1.807) is 36.5 Å². The molecule has 4 rings (SSSR count). The van der Waals surface area contributed by atoms with Gasteiger partial charge in [0.15, 0.2) is 11.8 Å². The van der Waals surface area contributed by atoms with E-state index in [2.05, 4.69) is 4.98 Å². The van der Waals surface area contributed by atoms with E-state index >= 15 is 0 Å². The van der Waals surface area contributed by atoms with Crippen molar-refractivity contribution in [2.24, 2.45) is 5.14 Å². The largest absolute Gasteiger partial charge is 0.480 e. The molecule has 8 nitrogen and oxygen atoms in total. The highest BCUT2D eigenvalue weighted by Gasteiger charge is 2.30. The van der Waals surface area contributed by atoms with Crippen molar-refractivity contribution in [3.8, 4) is 11.4 Å². The van der Waals surface area contributed by atoms with Crippen LogP contribution in [0.25, 0.3) is 5.69 Å². The van der Waals surface area contributed by atoms with Gasteiger partial charge in [-0.15, -0.1) is 0 Å². The first-order valence-electron chi connectivity index (χ1n) is 11.7. The van der Waals surface area contributed by atoms with E-state index in [9.17, 15) is 17.6 Å². The van der Waals surface area contributed by atoms with Crippen molar-refractivity contribution in [3.63, 3.8) is 0 Å². The Morgan fingerprint density at radius 2 is 1.80 bits per heavy atom. The van der Waals surface area contributed by atoms with Crippen LogP contribution in [0.4, 0.5) is 4.39 Å². The van der Waals surface area contributed by atoms with Gasteiger partial charge in [-0.2, -0.15) is 0 Å². The minimum Gasteiger partial charge on any atom is -0.480 e. The maximum atomic E-state index is 13.8. The van der Waals surface area contributed by atoms with E-state index in [-0.39, 0.29) is 22.2 Å². The predicted molar refractivity (Wildman–Crippen MR) is 153 cm³/mol. The van der Waals surface area contributed by atoms with Gasteiger partial charge in [-0.1, -0.05) is 60.9 Å². The molecule has 0 saturated carbocycles. The SMILES string of the molecule is CC(C)(c1ccc(Cl)c(Cl)c1)c1cnc(SCc2ccc(OCC(=O)O)c(S(N)(=O)=O)c2)n1-c1ccc(F)cc1. The van der Waals surface area contributed by atoms with Crippen LogP contribution in [0.5, 0.6) is 5.75 Å². The summed E-state index contributed by atoms with van der Waals surface area (Å²) in [6.07, 6.45) is 1.73. The van der Waals surface area contributed by atoms with Crippen LogP contribution in [-0.4, -0.2) is 35.7 Å². The highest BCUT2D eigenvalue weighted by molar-refractivity contribution is 7.98. The maximum Gasteiger partial charge on any atom is 0.341 e. The number of nitrogens with two attached hydrogens (primary N) is 1. The molecule has 0 spiro atoms. The maximum absolute atomic E-state index is 13.8. The van der Waals surface area contributed by atoms with Gasteiger partial charge in [0.05, 0.1) is 21.9 Å². The van der Waals surface area contributed by atoms with E-state index in [0.717, 1.165) is 11.3 Å². The average molecular weight is 625 g/mol. The van der Waals surface area contributed by atoms with Gasteiger partial charge in [-0.3, -0.25) is 4.57 Å². The molecule has 0 aliphatic rings. The number of ether oxygens (including phenoxy) is 1. The fourth-order valence-electron chi connectivity index (χ4n) is 4.02. The minimum absolute atomic E-state index is 0.155. The Labute approximate surface area is 244 Å². The highest BCUT2D eigenvalue weighted by atomic mass is 35.5. The van der Waals surface area contributed by atoms with Crippen LogP contribution in [0.3, 0.4) is 0 Å². The van der Waals surface area contributed by atoms with Gasteiger partial charge in [0.25, 0.3) is 0 Å². The molecule has 0 bridgehead atoms. The first kappa shape index (κ1) is 29.9. The van der Waals surface area contributed by atoms with Crippen LogP contribution >= 0.6 is 35.0 Å². The summed E-state index contributed by atoms with van der Waals surface area (Å²) in [4.78, 5) is 15.2. The van der Waals surface area contributed by atoms with Crippen molar-refractivity contribution >= 4 is 51.0 Å². The van der Waals surface area contributed by atoms with Crippen molar-refractivity contribution < 1.29 is 27.4 Å². The number of carbonyl (C=O) groups is 1. The smallest absolute Gasteiger partial charge is 0.341 e. The number of carboxylic acid groups (broad SMARTS) is 1. The summed E-state index contributed by atoms with van der Waals surface area (Å²) in [6.45, 7) is 3.29. The zero-order valence-corrected chi connectivity index (χ0v) is 24.4. The summed E-state index contributed by atoms with van der Waals surface area (Å²) in [5, 5.41) is 15.6. The first-order chi connectivity index (χ1) is 18.8. The second-order valence-electron chi connectivity index (χ2n) is 9.29. The van der Waals surface area contributed by atoms with Gasteiger partial charge in [-0.25, -0.2) is 27.7 Å². The number of aliphatic carboxylic acids is 1. The predicted octanol–water partition coefficient (Wildman–Crippen LogP) is 6.05. The number of benzene rings is 3. The van der Waals surface area contributed by atoms with Crippen LogP contribution in [0, 0.1) is 5.82 Å². The topological polar surface area (TPSA) is 125 Å². The average Bonchev–Trinajstić information content (AvgIpc) is 3.32. The molecule has 0 atom stereocenters. The molecular weight excluding hydrogens is 600 g/mol. The summed E-state index contributed by atoms with van der Waals surface area (Å²) in [7, 11) is -4.20. The standard InChI is InChI=1S/C27H24Cl2FN3O5S2/c1-27(2,17-4-9-20(28)21(29)12-17)24-13-32-26(33(24)19-7-5-18(30)6-8-19)39-15-16-3-10-22(38-14-25(34)35)23(11-16)40(31,36)37/h3-13H,14-15H2,1-2H3,(H,34,35)(H2,31,36,37). The van der Waals surface area contributed by atoms with Crippen molar-refractivity contribution in [2.75, 3.05) is 6.61 Å².